The first-order valence-corrected chi connectivity index (χ1v) is 13.0. The number of benzene rings is 1. The predicted octanol–water partition coefficient (Wildman–Crippen LogP) is 3.60. The summed E-state index contributed by atoms with van der Waals surface area (Å²) in [5.41, 5.74) is 4.78. The maximum Gasteiger partial charge on any atom is 0.267 e. The quantitative estimate of drug-likeness (QED) is 0.289. The Balaban J connectivity index is 1.43. The Morgan fingerprint density at radius 1 is 1.18 bits per heavy atom. The summed E-state index contributed by atoms with van der Waals surface area (Å²) in [4.78, 5) is 12.1. The van der Waals surface area contributed by atoms with Gasteiger partial charge in [-0.1, -0.05) is 24.4 Å². The summed E-state index contributed by atoms with van der Waals surface area (Å²) >= 11 is 6.21. The van der Waals surface area contributed by atoms with E-state index in [1.165, 1.54) is 34.6 Å². The SMILES string of the molecule is Cc1cc(C(CC2CC2)n2cc(-c3cnn(C)c(=O)c3)cn2)[n+](C)cc1-c1c(-n2cnnn2)ccc(Cl)c1F. The van der Waals surface area contributed by atoms with Crippen molar-refractivity contribution in [3.05, 3.63) is 87.8 Å². The van der Waals surface area contributed by atoms with Crippen molar-refractivity contribution in [3.63, 3.8) is 0 Å². The number of pyridine rings is 1. The third-order valence-electron chi connectivity index (χ3n) is 7.27. The smallest absolute Gasteiger partial charge is 0.267 e. The molecule has 0 bridgehead atoms. The van der Waals surface area contributed by atoms with Gasteiger partial charge in [0.05, 0.1) is 34.2 Å². The van der Waals surface area contributed by atoms with Crippen LogP contribution in [0.2, 0.25) is 5.02 Å². The molecule has 0 aliphatic heterocycles. The minimum absolute atomic E-state index is 0.0221. The van der Waals surface area contributed by atoms with Crippen molar-refractivity contribution < 1.29 is 8.96 Å². The number of hydrogen-bond acceptors (Lipinski definition) is 6. The van der Waals surface area contributed by atoms with E-state index >= 15 is 4.39 Å². The highest BCUT2D eigenvalue weighted by molar-refractivity contribution is 6.31. The second kappa shape index (κ2) is 9.81. The average molecular weight is 547 g/mol. The van der Waals surface area contributed by atoms with Gasteiger partial charge in [-0.25, -0.2) is 13.6 Å². The van der Waals surface area contributed by atoms with E-state index in [4.69, 9.17) is 16.7 Å². The van der Waals surface area contributed by atoms with Gasteiger partial charge in [0.15, 0.2) is 12.0 Å². The van der Waals surface area contributed by atoms with Crippen molar-refractivity contribution >= 4 is 11.6 Å². The number of nitrogens with zero attached hydrogens (tertiary/aromatic N) is 9. The summed E-state index contributed by atoms with van der Waals surface area (Å²) in [6.07, 6.45) is 12.0. The predicted molar refractivity (Wildman–Crippen MR) is 142 cm³/mol. The Kier molecular flexibility index (Phi) is 6.30. The molecule has 6 rings (SSSR count). The number of aromatic nitrogens is 9. The Morgan fingerprint density at radius 3 is 2.69 bits per heavy atom. The Labute approximate surface area is 228 Å². The molecule has 0 N–H and O–H groups in total. The van der Waals surface area contributed by atoms with Crippen LogP contribution in [0.3, 0.4) is 0 Å². The Hall–Kier alpha value is -4.25. The van der Waals surface area contributed by atoms with Crippen molar-refractivity contribution in [3.8, 4) is 27.9 Å². The van der Waals surface area contributed by atoms with Crippen molar-refractivity contribution in [1.29, 1.82) is 0 Å². The van der Waals surface area contributed by atoms with Crippen molar-refractivity contribution in [2.75, 3.05) is 0 Å². The van der Waals surface area contributed by atoms with Gasteiger partial charge in [0.1, 0.15) is 19.4 Å². The molecule has 4 heterocycles. The molecule has 1 aromatic carbocycles. The fourth-order valence-corrected chi connectivity index (χ4v) is 5.10. The standard InChI is InChI=1S/C27H26ClFN9O/c1-16-8-23(35(2)14-20(16)26-22(38-15-30-33-34-38)7-6-21(28)27(26)29)24(9-17-4-5-17)37-13-19(12-32-37)18-10-25(39)36(3)31-11-18/h6-8,10-15,17,24H,4-5,9H2,1-3H3/q+1. The zero-order valence-corrected chi connectivity index (χ0v) is 22.4. The van der Waals surface area contributed by atoms with Crippen molar-refractivity contribution in [1.82, 2.24) is 39.8 Å². The van der Waals surface area contributed by atoms with Crippen molar-refractivity contribution in [2.24, 2.45) is 20.0 Å². The van der Waals surface area contributed by atoms with Gasteiger partial charge in [-0.05, 0) is 47.4 Å². The molecule has 1 saturated carbocycles. The zero-order chi connectivity index (χ0) is 27.3. The molecule has 39 heavy (non-hydrogen) atoms. The normalized spacial score (nSPS) is 14.1. The molecule has 1 aliphatic rings. The van der Waals surface area contributed by atoms with Gasteiger partial charge in [0.25, 0.3) is 5.56 Å². The van der Waals surface area contributed by atoms with Gasteiger partial charge in [-0.15, -0.1) is 5.10 Å². The molecule has 0 amide bonds. The monoisotopic (exact) mass is 546 g/mol. The molecule has 1 fully saturated rings. The van der Waals surface area contributed by atoms with Gasteiger partial charge in [-0.3, -0.25) is 9.48 Å². The summed E-state index contributed by atoms with van der Waals surface area (Å²) in [6, 6.07) is 6.79. The van der Waals surface area contributed by atoms with Crippen LogP contribution in [-0.4, -0.2) is 39.8 Å². The van der Waals surface area contributed by atoms with Crippen LogP contribution in [0.25, 0.3) is 27.9 Å². The van der Waals surface area contributed by atoms with Gasteiger partial charge < -0.3 is 0 Å². The second-order valence-electron chi connectivity index (χ2n) is 10.0. The molecule has 4 aromatic heterocycles. The molecule has 1 unspecified atom stereocenters. The molecule has 10 nitrogen and oxygen atoms in total. The molecule has 5 aromatic rings. The third kappa shape index (κ3) is 4.74. The lowest BCUT2D eigenvalue weighted by molar-refractivity contribution is -0.680. The maximum atomic E-state index is 15.5. The Morgan fingerprint density at radius 2 is 1.97 bits per heavy atom. The molecule has 198 valence electrons. The van der Waals surface area contributed by atoms with E-state index in [1.807, 2.05) is 35.6 Å². The van der Waals surface area contributed by atoms with Gasteiger partial charge in [-0.2, -0.15) is 14.9 Å². The second-order valence-corrected chi connectivity index (χ2v) is 10.4. The lowest BCUT2D eigenvalue weighted by Crippen LogP contribution is -2.37. The van der Waals surface area contributed by atoms with E-state index in [-0.39, 0.29) is 16.6 Å². The van der Waals surface area contributed by atoms with Crippen LogP contribution >= 0.6 is 11.6 Å². The lowest BCUT2D eigenvalue weighted by atomic mass is 9.97. The van der Waals surface area contributed by atoms with E-state index in [0.29, 0.717) is 22.7 Å². The first-order chi connectivity index (χ1) is 18.8. The summed E-state index contributed by atoms with van der Waals surface area (Å²) in [6.45, 7) is 1.96. The first-order valence-electron chi connectivity index (χ1n) is 12.6. The Bertz CT molecular complexity index is 1740. The molecule has 1 atom stereocenters. The fourth-order valence-electron chi connectivity index (χ4n) is 4.94. The summed E-state index contributed by atoms with van der Waals surface area (Å²) in [5.74, 6) is 0.0829. The minimum atomic E-state index is -0.533. The molecular weight excluding hydrogens is 521 g/mol. The van der Waals surface area contributed by atoms with Crippen LogP contribution in [0.5, 0.6) is 0 Å². The number of tetrazole rings is 1. The van der Waals surface area contributed by atoms with E-state index in [2.05, 4.69) is 26.7 Å². The molecule has 0 spiro atoms. The third-order valence-corrected chi connectivity index (χ3v) is 7.57. The molecule has 1 aliphatic carbocycles. The highest BCUT2D eigenvalue weighted by Crippen LogP contribution is 2.40. The molecule has 0 radical (unpaired) electrons. The minimum Gasteiger partial charge on any atom is -0.268 e. The van der Waals surface area contributed by atoms with E-state index in [9.17, 15) is 4.79 Å². The van der Waals surface area contributed by atoms with E-state index in [0.717, 1.165) is 28.8 Å². The topological polar surface area (TPSA) is 100 Å². The summed E-state index contributed by atoms with van der Waals surface area (Å²) in [7, 11) is 3.57. The van der Waals surface area contributed by atoms with Crippen molar-refractivity contribution in [2.45, 2.75) is 32.2 Å². The summed E-state index contributed by atoms with van der Waals surface area (Å²) in [5, 5.41) is 20.2. The summed E-state index contributed by atoms with van der Waals surface area (Å²) < 4.78 is 22.2. The van der Waals surface area contributed by atoms with Crippen LogP contribution in [0, 0.1) is 18.7 Å². The first kappa shape index (κ1) is 25.1. The number of halogens is 2. The average Bonchev–Trinajstić information content (AvgIpc) is 3.35. The maximum absolute atomic E-state index is 15.5. The van der Waals surface area contributed by atoms with E-state index in [1.54, 1.807) is 31.6 Å². The molecule has 0 saturated heterocycles. The largest absolute Gasteiger partial charge is 0.268 e. The highest BCUT2D eigenvalue weighted by Gasteiger charge is 2.33. The molecular formula is C27H26ClFN9O+. The van der Waals surface area contributed by atoms with Crippen LogP contribution < -0.4 is 10.1 Å². The zero-order valence-electron chi connectivity index (χ0n) is 21.7. The van der Waals surface area contributed by atoms with Gasteiger partial charge in [0.2, 0.25) is 5.69 Å². The number of hydrogen-bond donors (Lipinski definition) is 0. The lowest BCUT2D eigenvalue weighted by Gasteiger charge is -2.18. The van der Waals surface area contributed by atoms with Crippen LogP contribution in [0.4, 0.5) is 4.39 Å². The highest BCUT2D eigenvalue weighted by atomic mass is 35.5. The van der Waals surface area contributed by atoms with Crippen LogP contribution in [0.1, 0.15) is 36.6 Å². The number of aryl methyl sites for hydroxylation is 3. The van der Waals surface area contributed by atoms with Gasteiger partial charge in [0, 0.05) is 36.5 Å². The van der Waals surface area contributed by atoms with Gasteiger partial charge >= 0.3 is 0 Å². The number of rotatable bonds is 7. The fraction of sp³-hybridized carbons (Fsp3) is 0.296. The van der Waals surface area contributed by atoms with E-state index < -0.39 is 5.82 Å². The molecule has 12 heteroatoms. The van der Waals surface area contributed by atoms with Crippen LogP contribution in [0.15, 0.2) is 60.2 Å². The van der Waals surface area contributed by atoms with Crippen LogP contribution in [-0.2, 0) is 14.1 Å².